The number of nitrogens with zero attached hydrogens (tertiary/aromatic N) is 1. The van der Waals surface area contributed by atoms with E-state index < -0.39 is 0 Å². The van der Waals surface area contributed by atoms with Crippen molar-refractivity contribution in [2.75, 3.05) is 11.9 Å². The van der Waals surface area contributed by atoms with Crippen LogP contribution < -0.4 is 5.32 Å². The molecule has 1 fully saturated rings. The van der Waals surface area contributed by atoms with Gasteiger partial charge in [0.2, 0.25) is 0 Å². The lowest BCUT2D eigenvalue weighted by Gasteiger charge is -2.32. The third kappa shape index (κ3) is 2.95. The number of halogens is 1. The summed E-state index contributed by atoms with van der Waals surface area (Å²) in [6.07, 6.45) is 4.48. The van der Waals surface area contributed by atoms with Gasteiger partial charge in [-0.1, -0.05) is 24.4 Å². The molecule has 2 rings (SSSR count). The van der Waals surface area contributed by atoms with Crippen LogP contribution in [0.4, 0.5) is 5.69 Å². The summed E-state index contributed by atoms with van der Waals surface area (Å²) < 4.78 is 0. The fourth-order valence-corrected chi connectivity index (χ4v) is 2.75. The smallest absolute Gasteiger partial charge is 0.0992 e. The van der Waals surface area contributed by atoms with Crippen LogP contribution in [0.15, 0.2) is 18.2 Å². The zero-order valence-corrected chi connectivity index (χ0v) is 11.0. The molecule has 1 aliphatic carbocycles. The summed E-state index contributed by atoms with van der Waals surface area (Å²) in [5.41, 5.74) is 1.41. The van der Waals surface area contributed by atoms with Crippen molar-refractivity contribution in [2.24, 2.45) is 5.92 Å². The monoisotopic (exact) mass is 264 g/mol. The topological polar surface area (TPSA) is 56.0 Å². The largest absolute Gasteiger partial charge is 0.396 e. The highest BCUT2D eigenvalue weighted by Gasteiger charge is 2.24. The number of nitrogens with one attached hydrogen (secondary N) is 1. The first kappa shape index (κ1) is 13.2. The minimum absolute atomic E-state index is 0.214. The van der Waals surface area contributed by atoms with Crippen LogP contribution in [0, 0.1) is 17.2 Å². The number of hydrogen-bond acceptors (Lipinski definition) is 3. The number of anilines is 1. The molecule has 1 aromatic rings. The van der Waals surface area contributed by atoms with E-state index >= 15 is 0 Å². The molecule has 96 valence electrons. The van der Waals surface area contributed by atoms with Crippen LogP contribution in [0.3, 0.4) is 0 Å². The highest BCUT2D eigenvalue weighted by Crippen LogP contribution is 2.30. The maximum Gasteiger partial charge on any atom is 0.0992 e. The van der Waals surface area contributed by atoms with E-state index in [1.165, 1.54) is 12.8 Å². The second-order valence-corrected chi connectivity index (χ2v) is 5.19. The van der Waals surface area contributed by atoms with Gasteiger partial charge in [0.05, 0.1) is 22.3 Å². The van der Waals surface area contributed by atoms with Crippen LogP contribution in [0.5, 0.6) is 0 Å². The molecule has 2 N–H and O–H groups in total. The molecule has 0 heterocycles. The Morgan fingerprint density at radius 1 is 1.39 bits per heavy atom. The van der Waals surface area contributed by atoms with Crippen LogP contribution >= 0.6 is 11.6 Å². The molecule has 1 aromatic carbocycles. The highest BCUT2D eigenvalue weighted by molar-refractivity contribution is 6.33. The molecule has 4 heteroatoms. The molecule has 2 atom stereocenters. The number of benzene rings is 1. The molecule has 0 aromatic heterocycles. The second kappa shape index (κ2) is 6.08. The Morgan fingerprint density at radius 2 is 2.17 bits per heavy atom. The predicted octanol–water partition coefficient (Wildman–Crippen LogP) is 3.17. The standard InChI is InChI=1S/C14H17ClN2O/c15-12-7-10(8-16)5-6-14(12)17-13-4-2-1-3-11(13)9-18/h5-7,11,13,17-18H,1-4,9H2. The Morgan fingerprint density at radius 3 is 2.83 bits per heavy atom. The quantitative estimate of drug-likeness (QED) is 0.882. The van der Waals surface area contributed by atoms with Gasteiger partial charge in [-0.05, 0) is 31.0 Å². The average Bonchev–Trinajstić information content (AvgIpc) is 2.41. The van der Waals surface area contributed by atoms with Crippen molar-refractivity contribution >= 4 is 17.3 Å². The normalized spacial score (nSPS) is 23.4. The van der Waals surface area contributed by atoms with Crippen molar-refractivity contribution in [2.45, 2.75) is 31.7 Å². The summed E-state index contributed by atoms with van der Waals surface area (Å²) in [4.78, 5) is 0. The van der Waals surface area contributed by atoms with Gasteiger partial charge in [-0.25, -0.2) is 0 Å². The minimum atomic E-state index is 0.214. The van der Waals surface area contributed by atoms with E-state index in [0.717, 1.165) is 18.5 Å². The third-order valence-corrected chi connectivity index (χ3v) is 3.90. The average molecular weight is 265 g/mol. The number of nitriles is 1. The molecule has 0 bridgehead atoms. The fraction of sp³-hybridized carbons (Fsp3) is 0.500. The molecule has 0 spiro atoms. The van der Waals surface area contributed by atoms with Gasteiger partial charge in [-0.15, -0.1) is 0 Å². The summed E-state index contributed by atoms with van der Waals surface area (Å²) in [5.74, 6) is 0.297. The Labute approximate surface area is 112 Å². The van der Waals surface area contributed by atoms with Gasteiger partial charge in [0.1, 0.15) is 0 Å². The zero-order chi connectivity index (χ0) is 13.0. The van der Waals surface area contributed by atoms with Crippen LogP contribution in [-0.2, 0) is 0 Å². The van der Waals surface area contributed by atoms with Gasteiger partial charge in [0.15, 0.2) is 0 Å². The maximum atomic E-state index is 9.37. The van der Waals surface area contributed by atoms with E-state index in [9.17, 15) is 5.11 Å². The van der Waals surface area contributed by atoms with Crippen LogP contribution in [-0.4, -0.2) is 17.8 Å². The number of aliphatic hydroxyl groups excluding tert-OH is 1. The van der Waals surface area contributed by atoms with Crippen LogP contribution in [0.1, 0.15) is 31.2 Å². The van der Waals surface area contributed by atoms with Gasteiger partial charge < -0.3 is 10.4 Å². The van der Waals surface area contributed by atoms with Gasteiger partial charge >= 0.3 is 0 Å². The van der Waals surface area contributed by atoms with Crippen molar-refractivity contribution in [3.05, 3.63) is 28.8 Å². The summed E-state index contributed by atoms with van der Waals surface area (Å²) >= 11 is 6.14. The van der Waals surface area contributed by atoms with Gasteiger partial charge in [0, 0.05) is 18.6 Å². The van der Waals surface area contributed by atoms with Gasteiger partial charge in [-0.2, -0.15) is 5.26 Å². The molecule has 1 saturated carbocycles. The third-order valence-electron chi connectivity index (χ3n) is 3.58. The summed E-state index contributed by atoms with van der Waals surface area (Å²) in [6.45, 7) is 0.214. The molecule has 18 heavy (non-hydrogen) atoms. The molecule has 0 saturated heterocycles. The summed E-state index contributed by atoms with van der Waals surface area (Å²) in [7, 11) is 0. The SMILES string of the molecule is N#Cc1ccc(NC2CCCCC2CO)c(Cl)c1. The zero-order valence-electron chi connectivity index (χ0n) is 10.2. The summed E-state index contributed by atoms with van der Waals surface area (Å²) in [6, 6.07) is 7.60. The molecular formula is C14H17ClN2O. The van der Waals surface area contributed by atoms with E-state index in [1.54, 1.807) is 12.1 Å². The molecular weight excluding hydrogens is 248 g/mol. The molecule has 2 unspecified atom stereocenters. The number of aliphatic hydroxyl groups is 1. The lowest BCUT2D eigenvalue weighted by Crippen LogP contribution is -2.34. The van der Waals surface area contributed by atoms with E-state index in [2.05, 4.69) is 11.4 Å². The molecule has 0 amide bonds. The fourth-order valence-electron chi connectivity index (χ4n) is 2.52. The van der Waals surface area contributed by atoms with Crippen LogP contribution in [0.2, 0.25) is 5.02 Å². The lowest BCUT2D eigenvalue weighted by molar-refractivity contribution is 0.178. The van der Waals surface area contributed by atoms with Gasteiger partial charge in [-0.3, -0.25) is 0 Å². The van der Waals surface area contributed by atoms with Crippen molar-refractivity contribution in [1.82, 2.24) is 0 Å². The van der Waals surface area contributed by atoms with Crippen molar-refractivity contribution in [3.8, 4) is 6.07 Å². The molecule has 3 nitrogen and oxygen atoms in total. The second-order valence-electron chi connectivity index (χ2n) is 4.78. The van der Waals surface area contributed by atoms with Gasteiger partial charge in [0.25, 0.3) is 0 Å². The Kier molecular flexibility index (Phi) is 4.46. The molecule has 1 aliphatic rings. The van der Waals surface area contributed by atoms with E-state index in [0.29, 0.717) is 16.5 Å². The van der Waals surface area contributed by atoms with Crippen molar-refractivity contribution < 1.29 is 5.11 Å². The maximum absolute atomic E-state index is 9.37. The van der Waals surface area contributed by atoms with Crippen LogP contribution in [0.25, 0.3) is 0 Å². The van der Waals surface area contributed by atoms with Crippen molar-refractivity contribution in [3.63, 3.8) is 0 Å². The van der Waals surface area contributed by atoms with Crippen molar-refractivity contribution in [1.29, 1.82) is 5.26 Å². The first-order chi connectivity index (χ1) is 8.74. The Bertz CT molecular complexity index is 456. The first-order valence-corrected chi connectivity index (χ1v) is 6.69. The molecule has 0 aliphatic heterocycles. The van der Waals surface area contributed by atoms with E-state index in [-0.39, 0.29) is 12.6 Å². The summed E-state index contributed by atoms with van der Waals surface area (Å²) in [5, 5.41) is 22.1. The predicted molar refractivity (Wildman–Crippen MR) is 72.6 cm³/mol. The Hall–Kier alpha value is -1.24. The Balaban J connectivity index is 2.10. The lowest BCUT2D eigenvalue weighted by atomic mass is 9.85. The van der Waals surface area contributed by atoms with E-state index in [4.69, 9.17) is 16.9 Å². The molecule has 0 radical (unpaired) electrons. The van der Waals surface area contributed by atoms with E-state index in [1.807, 2.05) is 6.07 Å². The first-order valence-electron chi connectivity index (χ1n) is 6.31. The highest BCUT2D eigenvalue weighted by atomic mass is 35.5. The minimum Gasteiger partial charge on any atom is -0.396 e. The number of hydrogen-bond donors (Lipinski definition) is 2. The number of rotatable bonds is 3.